The predicted molar refractivity (Wildman–Crippen MR) is 147 cm³/mol. The summed E-state index contributed by atoms with van der Waals surface area (Å²) in [5.41, 5.74) is 11.1. The predicted octanol–water partition coefficient (Wildman–Crippen LogP) is 0.594. The van der Waals surface area contributed by atoms with Crippen LogP contribution in [-0.2, 0) is 9.47 Å². The van der Waals surface area contributed by atoms with Crippen molar-refractivity contribution in [3.05, 3.63) is 37.2 Å². The highest BCUT2D eigenvalue weighted by molar-refractivity contribution is 6.18. The smallest absolute Gasteiger partial charge is 0.174 e. The standard InChI is InChI=1S/C13H17FN4O3.C12H14ClFN4O3/c1-2-13(5-19)10(20)8(14)12(21-13)18-6-17-9-7(15)3-4-16-11(9)18;13-3-12(4-19)9(20)7(14)11(21-12)18-5-17-8-6(15)1-2-16-10(8)18/h3-4,6,8,10,12,19-20H,2,5H2,1H3,(H2,15,16);1-2,5,7,9,11,19-20H,3-4H2,(H2,15,16)/t8-,10+,12-,13-;7-,9+,11-,12-/m11/s1. The van der Waals surface area contributed by atoms with E-state index in [1.165, 1.54) is 34.2 Å². The maximum atomic E-state index is 14.4. The average molecular weight is 613 g/mol. The molecular weight excluding hydrogens is 582 g/mol. The molecule has 2 aliphatic heterocycles. The van der Waals surface area contributed by atoms with Crippen molar-refractivity contribution in [2.24, 2.45) is 0 Å². The Labute approximate surface area is 242 Å². The third-order valence-corrected chi connectivity index (χ3v) is 8.28. The van der Waals surface area contributed by atoms with Gasteiger partial charge >= 0.3 is 0 Å². The molecule has 8 atom stereocenters. The number of alkyl halides is 3. The third kappa shape index (κ3) is 4.63. The maximum absolute atomic E-state index is 14.4. The van der Waals surface area contributed by atoms with Crippen molar-refractivity contribution in [3.63, 3.8) is 0 Å². The lowest BCUT2D eigenvalue weighted by atomic mass is 9.94. The molecule has 42 heavy (non-hydrogen) atoms. The van der Waals surface area contributed by atoms with Crippen molar-refractivity contribution in [3.8, 4) is 0 Å². The van der Waals surface area contributed by atoms with Gasteiger partial charge < -0.3 is 41.4 Å². The number of nitrogens with two attached hydrogens (primary N) is 2. The van der Waals surface area contributed by atoms with Gasteiger partial charge in [-0.2, -0.15) is 0 Å². The van der Waals surface area contributed by atoms with Gasteiger partial charge in [-0.25, -0.2) is 28.7 Å². The number of aliphatic hydroxyl groups is 4. The molecule has 0 aromatic carbocycles. The summed E-state index contributed by atoms with van der Waals surface area (Å²) >= 11 is 5.72. The third-order valence-electron chi connectivity index (χ3n) is 7.83. The largest absolute Gasteiger partial charge is 0.397 e. The number of nitrogens with zero attached hydrogens (tertiary/aromatic N) is 6. The molecule has 2 saturated heterocycles. The van der Waals surface area contributed by atoms with Gasteiger partial charge in [0, 0.05) is 12.4 Å². The van der Waals surface area contributed by atoms with Crippen molar-refractivity contribution >= 4 is 45.3 Å². The lowest BCUT2D eigenvalue weighted by molar-refractivity contribution is -0.128. The maximum Gasteiger partial charge on any atom is 0.174 e. The number of imidazole rings is 2. The first-order valence-corrected chi connectivity index (χ1v) is 13.5. The average Bonchev–Trinajstić information content (AvgIpc) is 3.75. The van der Waals surface area contributed by atoms with Crippen LogP contribution in [0.25, 0.3) is 22.3 Å². The van der Waals surface area contributed by atoms with E-state index in [-0.39, 0.29) is 12.3 Å². The number of pyridine rings is 2. The number of rotatable bonds is 6. The van der Waals surface area contributed by atoms with E-state index in [0.29, 0.717) is 33.7 Å². The molecule has 14 nitrogen and oxygen atoms in total. The first-order chi connectivity index (χ1) is 20.1. The fourth-order valence-electron chi connectivity index (χ4n) is 5.16. The van der Waals surface area contributed by atoms with Crippen LogP contribution in [0.4, 0.5) is 20.2 Å². The second-order valence-electron chi connectivity index (χ2n) is 10.2. The summed E-state index contributed by atoms with van der Waals surface area (Å²) in [6.45, 7) is 0.650. The van der Waals surface area contributed by atoms with E-state index in [1.54, 1.807) is 19.1 Å². The summed E-state index contributed by atoms with van der Waals surface area (Å²) in [6, 6.07) is 3.18. The second kappa shape index (κ2) is 11.4. The Bertz CT molecular complexity index is 1440. The molecule has 6 heterocycles. The Balaban J connectivity index is 0.000000168. The number of hydrogen-bond acceptors (Lipinski definition) is 12. The minimum atomic E-state index is -1.78. The van der Waals surface area contributed by atoms with Gasteiger partial charge in [-0.1, -0.05) is 6.92 Å². The van der Waals surface area contributed by atoms with Gasteiger partial charge in [0.1, 0.15) is 34.4 Å². The van der Waals surface area contributed by atoms with Crippen LogP contribution < -0.4 is 11.5 Å². The van der Waals surface area contributed by atoms with E-state index in [4.69, 9.17) is 32.5 Å². The number of fused-ring (bicyclic) bond motifs is 2. The highest BCUT2D eigenvalue weighted by Gasteiger charge is 2.56. The van der Waals surface area contributed by atoms with E-state index in [1.807, 2.05) is 0 Å². The van der Waals surface area contributed by atoms with Crippen LogP contribution in [0.5, 0.6) is 0 Å². The molecule has 0 spiro atoms. The van der Waals surface area contributed by atoms with Gasteiger partial charge in [0.05, 0.1) is 43.1 Å². The lowest BCUT2D eigenvalue weighted by Crippen LogP contribution is -2.47. The van der Waals surface area contributed by atoms with Crippen molar-refractivity contribution in [1.29, 1.82) is 0 Å². The van der Waals surface area contributed by atoms with Crippen LogP contribution in [0.1, 0.15) is 25.8 Å². The molecule has 17 heteroatoms. The summed E-state index contributed by atoms with van der Waals surface area (Å²) in [4.78, 5) is 16.4. The number of aromatic nitrogens is 6. The normalized spacial score (nSPS) is 32.9. The van der Waals surface area contributed by atoms with Crippen molar-refractivity contribution in [2.45, 2.75) is 61.6 Å². The molecule has 4 aromatic heterocycles. The van der Waals surface area contributed by atoms with Crippen LogP contribution in [0.2, 0.25) is 0 Å². The zero-order valence-electron chi connectivity index (χ0n) is 22.3. The summed E-state index contributed by atoms with van der Waals surface area (Å²) in [7, 11) is 0. The van der Waals surface area contributed by atoms with Gasteiger partial charge in [0.15, 0.2) is 36.1 Å². The number of ether oxygens (including phenoxy) is 2. The Morgan fingerprint density at radius 3 is 1.62 bits per heavy atom. The lowest BCUT2D eigenvalue weighted by Gasteiger charge is -2.28. The first kappa shape index (κ1) is 30.2. The van der Waals surface area contributed by atoms with E-state index in [2.05, 4.69) is 19.9 Å². The minimum Gasteiger partial charge on any atom is -0.397 e. The molecule has 0 radical (unpaired) electrons. The molecule has 2 aliphatic rings. The SMILES string of the molecule is CC[C@]1(CO)O[C@@H](n2cnc3c(N)ccnc32)[C@H](F)[C@@H]1O.Nc1ccnc2c1ncn2[C@@H]1O[C@@](CO)(CCl)[C@@H](O)[C@H]1F. The summed E-state index contributed by atoms with van der Waals surface area (Å²) in [6.07, 6.45) is -2.79. The monoisotopic (exact) mass is 612 g/mol. The Kier molecular flexibility index (Phi) is 8.23. The molecule has 6 rings (SSSR count). The zero-order chi connectivity index (χ0) is 30.4. The molecular formula is C25H31ClF2N8O6. The molecule has 0 bridgehead atoms. The second-order valence-corrected chi connectivity index (χ2v) is 10.4. The molecule has 0 saturated carbocycles. The fraction of sp³-hybridized carbons (Fsp3) is 0.520. The Morgan fingerprint density at radius 1 is 0.833 bits per heavy atom. The van der Waals surface area contributed by atoms with Crippen LogP contribution in [-0.4, -0.2) is 104 Å². The highest BCUT2D eigenvalue weighted by atomic mass is 35.5. The van der Waals surface area contributed by atoms with E-state index in [9.17, 15) is 29.2 Å². The van der Waals surface area contributed by atoms with Crippen LogP contribution >= 0.6 is 11.6 Å². The summed E-state index contributed by atoms with van der Waals surface area (Å²) < 4.78 is 42.7. The number of hydrogen-bond donors (Lipinski definition) is 6. The van der Waals surface area contributed by atoms with Crippen molar-refractivity contribution in [1.82, 2.24) is 29.1 Å². The zero-order valence-corrected chi connectivity index (χ0v) is 23.1. The number of anilines is 2. The topological polar surface area (TPSA) is 213 Å². The molecule has 0 aliphatic carbocycles. The van der Waals surface area contributed by atoms with Crippen molar-refractivity contribution in [2.75, 3.05) is 30.6 Å². The number of halogens is 3. The quantitative estimate of drug-likeness (QED) is 0.165. The molecule has 0 amide bonds. The van der Waals surface area contributed by atoms with Crippen LogP contribution in [0, 0.1) is 0 Å². The van der Waals surface area contributed by atoms with Gasteiger partial charge in [-0.15, -0.1) is 11.6 Å². The molecule has 4 aromatic rings. The number of aliphatic hydroxyl groups excluding tert-OH is 4. The summed E-state index contributed by atoms with van der Waals surface area (Å²) in [5, 5.41) is 38.9. The van der Waals surface area contributed by atoms with Gasteiger partial charge in [0.2, 0.25) is 0 Å². The molecule has 0 unspecified atom stereocenters. The van der Waals surface area contributed by atoms with E-state index in [0.717, 1.165) is 0 Å². The fourth-order valence-corrected chi connectivity index (χ4v) is 5.47. The summed E-state index contributed by atoms with van der Waals surface area (Å²) in [5.74, 6) is -0.246. The molecule has 228 valence electrons. The van der Waals surface area contributed by atoms with Crippen molar-refractivity contribution < 1.29 is 38.7 Å². The van der Waals surface area contributed by atoms with Crippen LogP contribution in [0.15, 0.2) is 37.2 Å². The van der Waals surface area contributed by atoms with Gasteiger partial charge in [0.25, 0.3) is 0 Å². The molecule has 8 N–H and O–H groups in total. The minimum absolute atomic E-state index is 0.246. The van der Waals surface area contributed by atoms with E-state index >= 15 is 0 Å². The Morgan fingerprint density at radius 2 is 1.26 bits per heavy atom. The van der Waals surface area contributed by atoms with Crippen LogP contribution in [0.3, 0.4) is 0 Å². The Hall–Kier alpha value is -3.25. The number of nitrogen functional groups attached to an aromatic ring is 2. The van der Waals surface area contributed by atoms with Gasteiger partial charge in [-0.05, 0) is 18.6 Å². The first-order valence-electron chi connectivity index (χ1n) is 13.0. The molecule has 2 fully saturated rings. The van der Waals surface area contributed by atoms with Gasteiger partial charge in [-0.3, -0.25) is 9.13 Å². The highest BCUT2D eigenvalue weighted by Crippen LogP contribution is 2.42. The van der Waals surface area contributed by atoms with E-state index < -0.39 is 61.4 Å².